The first kappa shape index (κ1) is 34.2. The van der Waals surface area contributed by atoms with Crippen LogP contribution in [0.2, 0.25) is 0 Å². The van der Waals surface area contributed by atoms with E-state index in [1.807, 2.05) is 42.5 Å². The highest BCUT2D eigenvalue weighted by atomic mass is 16.3. The van der Waals surface area contributed by atoms with Crippen LogP contribution in [0.25, 0.3) is 77.2 Å². The number of benzene rings is 9. The van der Waals surface area contributed by atoms with E-state index in [0.29, 0.717) is 0 Å². The summed E-state index contributed by atoms with van der Waals surface area (Å²) in [6, 6.07) is 73.1. The van der Waals surface area contributed by atoms with E-state index in [0.717, 1.165) is 72.5 Å². The number of hydrogen-bond acceptors (Lipinski definition) is 3. The minimum Gasteiger partial charge on any atom is -0.508 e. The van der Waals surface area contributed by atoms with Crippen LogP contribution in [0.1, 0.15) is 0 Å². The number of aromatic nitrogens is 2. The molecule has 2 heterocycles. The number of fused-ring (bicyclic) bond motifs is 6. The number of para-hydroxylation sites is 3. The summed E-state index contributed by atoms with van der Waals surface area (Å²) in [7, 11) is 0. The minimum absolute atomic E-state index is 0.223. The molecule has 5 nitrogen and oxygen atoms in total. The molecule has 0 bridgehead atoms. The van der Waals surface area contributed by atoms with Gasteiger partial charge in [-0.3, -0.25) is 0 Å². The standard InChI is InChI=1S/C54H37N3O2/c58-45-27-25-44(26-28-45)55(42-21-15-36(16-22-42)38-19-30-52-48(33-38)47-13-7-8-14-51(47)56(52)40-9-3-1-4-10-40)43-23-17-37(18-24-43)39-20-31-53-49(34-39)50-35-46(59)29-32-54(50)57(53)41-11-5-2-6-12-41/h1-35,58-59H. The summed E-state index contributed by atoms with van der Waals surface area (Å²) in [6.45, 7) is 0. The van der Waals surface area contributed by atoms with Crippen LogP contribution in [0.15, 0.2) is 212 Å². The normalized spacial score (nSPS) is 11.5. The van der Waals surface area contributed by atoms with E-state index in [1.165, 1.54) is 21.8 Å². The molecule has 59 heavy (non-hydrogen) atoms. The zero-order chi connectivity index (χ0) is 39.5. The van der Waals surface area contributed by atoms with Gasteiger partial charge in [0.1, 0.15) is 11.5 Å². The van der Waals surface area contributed by atoms with Crippen LogP contribution in [0, 0.1) is 0 Å². The van der Waals surface area contributed by atoms with Crippen LogP contribution in [0.4, 0.5) is 17.1 Å². The molecule has 9 aromatic carbocycles. The molecule has 11 rings (SSSR count). The summed E-state index contributed by atoms with van der Waals surface area (Å²) in [4.78, 5) is 2.21. The molecule has 0 aliphatic carbocycles. The molecule has 5 heteroatoms. The Morgan fingerprint density at radius 1 is 0.288 bits per heavy atom. The van der Waals surface area contributed by atoms with Gasteiger partial charge in [0.05, 0.1) is 22.1 Å². The highest BCUT2D eigenvalue weighted by molar-refractivity contribution is 6.12. The van der Waals surface area contributed by atoms with Crippen LogP contribution in [-0.4, -0.2) is 19.3 Å². The lowest BCUT2D eigenvalue weighted by Gasteiger charge is -2.26. The maximum atomic E-state index is 10.5. The van der Waals surface area contributed by atoms with Gasteiger partial charge in [-0.25, -0.2) is 0 Å². The average molecular weight is 760 g/mol. The summed E-state index contributed by atoms with van der Waals surface area (Å²) in [5.74, 6) is 0.468. The van der Waals surface area contributed by atoms with Gasteiger partial charge in [-0.2, -0.15) is 0 Å². The molecule has 0 aliphatic heterocycles. The van der Waals surface area contributed by atoms with Gasteiger partial charge in [-0.15, -0.1) is 0 Å². The monoisotopic (exact) mass is 759 g/mol. The average Bonchev–Trinajstić information content (AvgIpc) is 3.80. The third-order valence-electron chi connectivity index (χ3n) is 11.5. The smallest absolute Gasteiger partial charge is 0.116 e. The molecular formula is C54H37N3O2. The molecule has 0 spiro atoms. The van der Waals surface area contributed by atoms with Crippen molar-refractivity contribution in [3.05, 3.63) is 212 Å². The quantitative estimate of drug-likeness (QED) is 0.170. The second-order valence-corrected chi connectivity index (χ2v) is 15.0. The van der Waals surface area contributed by atoms with Crippen molar-refractivity contribution in [1.29, 1.82) is 0 Å². The van der Waals surface area contributed by atoms with Crippen molar-refractivity contribution in [3.63, 3.8) is 0 Å². The number of aromatic hydroxyl groups is 2. The van der Waals surface area contributed by atoms with E-state index in [9.17, 15) is 10.2 Å². The van der Waals surface area contributed by atoms with Crippen molar-refractivity contribution in [2.24, 2.45) is 0 Å². The van der Waals surface area contributed by atoms with Gasteiger partial charge >= 0.3 is 0 Å². The molecule has 0 amide bonds. The Balaban J connectivity index is 0.955. The first-order valence-electron chi connectivity index (χ1n) is 19.8. The first-order chi connectivity index (χ1) is 29.1. The maximum Gasteiger partial charge on any atom is 0.116 e. The predicted octanol–water partition coefficient (Wildman–Crippen LogP) is 14.1. The van der Waals surface area contributed by atoms with Gasteiger partial charge in [0.25, 0.3) is 0 Å². The molecule has 0 atom stereocenters. The third-order valence-corrected chi connectivity index (χ3v) is 11.5. The van der Waals surface area contributed by atoms with Gasteiger partial charge in [0.15, 0.2) is 0 Å². The van der Waals surface area contributed by atoms with Gasteiger partial charge in [0.2, 0.25) is 0 Å². The topological polar surface area (TPSA) is 53.6 Å². The fraction of sp³-hybridized carbons (Fsp3) is 0. The number of nitrogens with zero attached hydrogens (tertiary/aromatic N) is 3. The van der Waals surface area contributed by atoms with E-state index >= 15 is 0 Å². The molecular weight excluding hydrogens is 723 g/mol. The van der Waals surface area contributed by atoms with Crippen LogP contribution in [0.3, 0.4) is 0 Å². The zero-order valence-electron chi connectivity index (χ0n) is 31.9. The maximum absolute atomic E-state index is 10.5. The van der Waals surface area contributed by atoms with Gasteiger partial charge in [-0.1, -0.05) is 91.0 Å². The summed E-state index contributed by atoms with van der Waals surface area (Å²) in [5.41, 5.74) is 14.1. The Labute approximate surface area is 341 Å². The summed E-state index contributed by atoms with van der Waals surface area (Å²) in [5, 5.41) is 25.2. The first-order valence-corrected chi connectivity index (χ1v) is 19.8. The number of hydrogen-bond donors (Lipinski definition) is 2. The van der Waals surface area contributed by atoms with Crippen LogP contribution >= 0.6 is 0 Å². The number of anilines is 3. The Hall–Kier alpha value is -8.02. The minimum atomic E-state index is 0.223. The van der Waals surface area contributed by atoms with Crippen molar-refractivity contribution in [2.45, 2.75) is 0 Å². The molecule has 2 aromatic heterocycles. The second kappa shape index (κ2) is 13.9. The van der Waals surface area contributed by atoms with Crippen molar-refractivity contribution in [3.8, 4) is 45.1 Å². The van der Waals surface area contributed by atoms with Gasteiger partial charge < -0.3 is 24.2 Å². The lowest BCUT2D eigenvalue weighted by Crippen LogP contribution is -2.09. The molecule has 0 fully saturated rings. The number of rotatable bonds is 7. The fourth-order valence-corrected chi connectivity index (χ4v) is 8.71. The molecule has 2 N–H and O–H groups in total. The SMILES string of the molecule is Oc1ccc(N(c2ccc(-c3ccc4c(c3)c3ccccc3n4-c3ccccc3)cc2)c2ccc(-c3ccc4c(c3)c3cc(O)ccc3n4-c3ccccc3)cc2)cc1. The summed E-state index contributed by atoms with van der Waals surface area (Å²) < 4.78 is 4.59. The van der Waals surface area contributed by atoms with E-state index in [2.05, 4.69) is 166 Å². The van der Waals surface area contributed by atoms with Crippen molar-refractivity contribution in [1.82, 2.24) is 9.13 Å². The van der Waals surface area contributed by atoms with Crippen molar-refractivity contribution in [2.75, 3.05) is 4.90 Å². The fourth-order valence-electron chi connectivity index (χ4n) is 8.71. The van der Waals surface area contributed by atoms with Crippen LogP contribution in [-0.2, 0) is 0 Å². The van der Waals surface area contributed by atoms with Crippen LogP contribution < -0.4 is 4.90 Å². The molecule has 0 saturated carbocycles. The van der Waals surface area contributed by atoms with Crippen molar-refractivity contribution >= 4 is 60.7 Å². The van der Waals surface area contributed by atoms with Crippen molar-refractivity contribution < 1.29 is 10.2 Å². The lowest BCUT2D eigenvalue weighted by atomic mass is 10.0. The largest absolute Gasteiger partial charge is 0.508 e. The number of phenolic OH excluding ortho intramolecular Hbond substituents is 2. The highest BCUT2D eigenvalue weighted by Gasteiger charge is 2.17. The molecule has 0 aliphatic rings. The zero-order valence-corrected chi connectivity index (χ0v) is 31.9. The van der Waals surface area contributed by atoms with E-state index in [4.69, 9.17) is 0 Å². The highest BCUT2D eigenvalue weighted by Crippen LogP contribution is 2.41. The molecule has 0 saturated heterocycles. The third kappa shape index (κ3) is 5.87. The van der Waals surface area contributed by atoms with Gasteiger partial charge in [0, 0.05) is 50.0 Å². The molecule has 0 radical (unpaired) electrons. The Morgan fingerprint density at radius 2 is 0.661 bits per heavy atom. The second-order valence-electron chi connectivity index (χ2n) is 15.0. The van der Waals surface area contributed by atoms with E-state index in [-0.39, 0.29) is 11.5 Å². The van der Waals surface area contributed by atoms with Crippen LogP contribution in [0.5, 0.6) is 11.5 Å². The Kier molecular flexibility index (Phi) is 8.05. The van der Waals surface area contributed by atoms with Gasteiger partial charge in [-0.05, 0) is 144 Å². The van der Waals surface area contributed by atoms with E-state index in [1.54, 1.807) is 18.2 Å². The summed E-state index contributed by atoms with van der Waals surface area (Å²) >= 11 is 0. The molecule has 280 valence electrons. The number of phenols is 2. The molecule has 0 unspecified atom stereocenters. The Bertz CT molecular complexity index is 3310. The lowest BCUT2D eigenvalue weighted by molar-refractivity contribution is 0.475. The predicted molar refractivity (Wildman–Crippen MR) is 244 cm³/mol. The summed E-state index contributed by atoms with van der Waals surface area (Å²) in [6.07, 6.45) is 0. The molecule has 11 aromatic rings. The van der Waals surface area contributed by atoms with E-state index < -0.39 is 0 Å². The Morgan fingerprint density at radius 3 is 1.19 bits per heavy atom.